The monoisotopic (exact) mass is 455 g/mol. The fraction of sp³-hybridized carbons (Fsp3) is 0.250. The molecular weight excluding hydrogens is 430 g/mol. The minimum atomic E-state index is 0.493. The predicted molar refractivity (Wildman–Crippen MR) is 120 cm³/mol. The summed E-state index contributed by atoms with van der Waals surface area (Å²) in [5, 5.41) is 3.51. The smallest absolute Gasteiger partial charge is 0.167 e. The quantitative estimate of drug-likeness (QED) is 0.416. The molecule has 0 unspecified atom stereocenters. The first-order chi connectivity index (χ1) is 14.2. The van der Waals surface area contributed by atoms with E-state index in [0.717, 1.165) is 45.8 Å². The van der Waals surface area contributed by atoms with E-state index in [-0.39, 0.29) is 0 Å². The molecule has 0 aliphatic carbocycles. The molecule has 0 aliphatic rings. The highest BCUT2D eigenvalue weighted by Gasteiger charge is 2.14. The first-order valence-corrected chi connectivity index (χ1v) is 10.4. The number of ether oxygens (including phenoxy) is 3. The summed E-state index contributed by atoms with van der Waals surface area (Å²) >= 11 is 3.66. The maximum absolute atomic E-state index is 6.16. The second kappa shape index (κ2) is 10.9. The standard InChI is InChI=1S/C24H26BrNO3/c1-27-20-10-8-18(9-11-20)14-15-26-16-21-22(25)12-13-23(28-2)24(21)29-17-19-6-4-3-5-7-19/h3-13,26H,14-17H2,1-2H3. The predicted octanol–water partition coefficient (Wildman–Crippen LogP) is 5.38. The Bertz CT molecular complexity index is 898. The molecule has 0 aromatic heterocycles. The number of halogens is 1. The van der Waals surface area contributed by atoms with E-state index >= 15 is 0 Å². The van der Waals surface area contributed by atoms with Crippen LogP contribution in [0.25, 0.3) is 0 Å². The van der Waals surface area contributed by atoms with Crippen LogP contribution >= 0.6 is 15.9 Å². The second-order valence-corrected chi connectivity index (χ2v) is 7.46. The number of hydrogen-bond acceptors (Lipinski definition) is 4. The van der Waals surface area contributed by atoms with Gasteiger partial charge < -0.3 is 19.5 Å². The van der Waals surface area contributed by atoms with Crippen LogP contribution in [0, 0.1) is 0 Å². The van der Waals surface area contributed by atoms with Gasteiger partial charge in [-0.15, -0.1) is 0 Å². The molecule has 0 saturated carbocycles. The fourth-order valence-corrected chi connectivity index (χ4v) is 3.49. The van der Waals surface area contributed by atoms with Crippen molar-refractivity contribution >= 4 is 15.9 Å². The molecular formula is C24H26BrNO3. The van der Waals surface area contributed by atoms with Gasteiger partial charge in [0.25, 0.3) is 0 Å². The van der Waals surface area contributed by atoms with Gasteiger partial charge in [0.15, 0.2) is 11.5 Å². The van der Waals surface area contributed by atoms with Crippen molar-refractivity contribution in [1.82, 2.24) is 5.32 Å². The molecule has 1 N–H and O–H groups in total. The maximum Gasteiger partial charge on any atom is 0.167 e. The summed E-state index contributed by atoms with van der Waals surface area (Å²) in [5.74, 6) is 2.38. The maximum atomic E-state index is 6.16. The Hall–Kier alpha value is -2.50. The zero-order valence-corrected chi connectivity index (χ0v) is 18.4. The molecule has 0 bridgehead atoms. The van der Waals surface area contributed by atoms with Crippen molar-refractivity contribution < 1.29 is 14.2 Å². The fourth-order valence-electron chi connectivity index (χ4n) is 3.03. The minimum absolute atomic E-state index is 0.493. The largest absolute Gasteiger partial charge is 0.497 e. The lowest BCUT2D eigenvalue weighted by molar-refractivity contribution is 0.280. The number of methoxy groups -OCH3 is 2. The SMILES string of the molecule is COc1ccc(CCNCc2c(Br)ccc(OC)c2OCc2ccccc2)cc1. The van der Waals surface area contributed by atoms with E-state index in [4.69, 9.17) is 14.2 Å². The van der Waals surface area contributed by atoms with Crippen LogP contribution in [0.2, 0.25) is 0 Å². The van der Waals surface area contributed by atoms with Crippen molar-refractivity contribution in [2.24, 2.45) is 0 Å². The van der Waals surface area contributed by atoms with Gasteiger partial charge in [-0.2, -0.15) is 0 Å². The lowest BCUT2D eigenvalue weighted by Gasteiger charge is -2.17. The Balaban J connectivity index is 1.63. The minimum Gasteiger partial charge on any atom is -0.497 e. The third kappa shape index (κ3) is 5.99. The van der Waals surface area contributed by atoms with E-state index in [9.17, 15) is 0 Å². The molecule has 3 aromatic rings. The van der Waals surface area contributed by atoms with Crippen molar-refractivity contribution in [1.29, 1.82) is 0 Å². The second-order valence-electron chi connectivity index (χ2n) is 6.61. The molecule has 0 amide bonds. The Labute approximate surface area is 180 Å². The molecule has 152 valence electrons. The summed E-state index contributed by atoms with van der Waals surface area (Å²) in [7, 11) is 3.35. The molecule has 0 saturated heterocycles. The molecule has 3 aromatic carbocycles. The van der Waals surface area contributed by atoms with Crippen LogP contribution in [0.1, 0.15) is 16.7 Å². The summed E-state index contributed by atoms with van der Waals surface area (Å²) in [5.41, 5.74) is 3.44. The Kier molecular flexibility index (Phi) is 7.96. The number of benzene rings is 3. The topological polar surface area (TPSA) is 39.7 Å². The van der Waals surface area contributed by atoms with E-state index in [1.54, 1.807) is 14.2 Å². The van der Waals surface area contributed by atoms with E-state index in [0.29, 0.717) is 13.2 Å². The van der Waals surface area contributed by atoms with Crippen LogP contribution in [0.3, 0.4) is 0 Å². The number of rotatable bonds is 10. The highest BCUT2D eigenvalue weighted by molar-refractivity contribution is 9.10. The van der Waals surface area contributed by atoms with Crippen molar-refractivity contribution in [3.63, 3.8) is 0 Å². The first-order valence-electron chi connectivity index (χ1n) is 9.57. The highest BCUT2D eigenvalue weighted by Crippen LogP contribution is 2.36. The summed E-state index contributed by atoms with van der Waals surface area (Å²) in [6.07, 6.45) is 0.936. The van der Waals surface area contributed by atoms with Gasteiger partial charge in [-0.1, -0.05) is 58.4 Å². The van der Waals surface area contributed by atoms with E-state index in [2.05, 4.69) is 45.5 Å². The number of nitrogens with one attached hydrogen (secondary N) is 1. The molecule has 5 heteroatoms. The van der Waals surface area contributed by atoms with Crippen LogP contribution < -0.4 is 19.5 Å². The molecule has 0 fully saturated rings. The third-order valence-electron chi connectivity index (χ3n) is 4.66. The van der Waals surface area contributed by atoms with Crippen LogP contribution in [-0.2, 0) is 19.6 Å². The highest BCUT2D eigenvalue weighted by atomic mass is 79.9. The molecule has 0 radical (unpaired) electrons. The van der Waals surface area contributed by atoms with E-state index in [1.807, 2.05) is 42.5 Å². The van der Waals surface area contributed by atoms with Gasteiger partial charge in [0.1, 0.15) is 12.4 Å². The van der Waals surface area contributed by atoms with Gasteiger partial charge in [-0.05, 0) is 48.4 Å². The van der Waals surface area contributed by atoms with Crippen LogP contribution in [0.15, 0.2) is 71.2 Å². The summed E-state index contributed by atoms with van der Waals surface area (Å²) in [6.45, 7) is 2.03. The van der Waals surface area contributed by atoms with E-state index in [1.165, 1.54) is 5.56 Å². The third-order valence-corrected chi connectivity index (χ3v) is 5.41. The zero-order valence-electron chi connectivity index (χ0n) is 16.8. The molecule has 0 heterocycles. The van der Waals surface area contributed by atoms with Crippen molar-refractivity contribution in [2.75, 3.05) is 20.8 Å². The molecule has 3 rings (SSSR count). The van der Waals surface area contributed by atoms with Crippen LogP contribution in [0.5, 0.6) is 17.2 Å². The average molecular weight is 456 g/mol. The molecule has 0 aliphatic heterocycles. The molecule has 29 heavy (non-hydrogen) atoms. The lowest BCUT2D eigenvalue weighted by Crippen LogP contribution is -2.18. The van der Waals surface area contributed by atoms with Gasteiger partial charge >= 0.3 is 0 Å². The number of hydrogen-bond donors (Lipinski definition) is 1. The zero-order chi connectivity index (χ0) is 20.5. The summed E-state index contributed by atoms with van der Waals surface area (Å²) < 4.78 is 17.9. The lowest BCUT2D eigenvalue weighted by atomic mass is 10.1. The summed E-state index contributed by atoms with van der Waals surface area (Å²) in [4.78, 5) is 0. The van der Waals surface area contributed by atoms with Crippen LogP contribution in [-0.4, -0.2) is 20.8 Å². The normalized spacial score (nSPS) is 10.6. The first kappa shape index (κ1) is 21.2. The van der Waals surface area contributed by atoms with Crippen molar-refractivity contribution in [2.45, 2.75) is 19.6 Å². The average Bonchev–Trinajstić information content (AvgIpc) is 2.77. The van der Waals surface area contributed by atoms with Gasteiger partial charge in [-0.3, -0.25) is 0 Å². The van der Waals surface area contributed by atoms with E-state index < -0.39 is 0 Å². The molecule has 4 nitrogen and oxygen atoms in total. The Morgan fingerprint density at radius 2 is 1.59 bits per heavy atom. The van der Waals surface area contributed by atoms with Crippen molar-refractivity contribution in [3.05, 3.63) is 87.9 Å². The Morgan fingerprint density at radius 1 is 0.828 bits per heavy atom. The van der Waals surface area contributed by atoms with Gasteiger partial charge in [0.2, 0.25) is 0 Å². The van der Waals surface area contributed by atoms with Gasteiger partial charge in [-0.25, -0.2) is 0 Å². The molecule has 0 atom stereocenters. The van der Waals surface area contributed by atoms with Crippen molar-refractivity contribution in [3.8, 4) is 17.2 Å². The molecule has 0 spiro atoms. The van der Waals surface area contributed by atoms with Gasteiger partial charge in [0.05, 0.1) is 14.2 Å². The van der Waals surface area contributed by atoms with Crippen LogP contribution in [0.4, 0.5) is 0 Å². The Morgan fingerprint density at radius 3 is 2.28 bits per heavy atom. The van der Waals surface area contributed by atoms with Gasteiger partial charge in [0, 0.05) is 16.6 Å². The summed E-state index contributed by atoms with van der Waals surface area (Å²) in [6, 6.07) is 22.2.